The molecule has 29 heavy (non-hydrogen) atoms. The van der Waals surface area contributed by atoms with Crippen LogP contribution in [-0.4, -0.2) is 37.4 Å². The quantitative estimate of drug-likeness (QED) is 0.556. The molecule has 0 aliphatic heterocycles. The van der Waals surface area contributed by atoms with Gasteiger partial charge < -0.3 is 10.3 Å². The molecule has 2 aromatic rings. The summed E-state index contributed by atoms with van der Waals surface area (Å²) in [5, 5.41) is 2.70. The molecule has 0 saturated carbocycles. The van der Waals surface area contributed by atoms with E-state index in [0.717, 1.165) is 16.8 Å². The van der Waals surface area contributed by atoms with Crippen LogP contribution in [0.3, 0.4) is 0 Å². The van der Waals surface area contributed by atoms with Gasteiger partial charge in [0.2, 0.25) is 15.9 Å². The number of pyridine rings is 1. The molecule has 3 N–H and O–H groups in total. The lowest BCUT2D eigenvalue weighted by atomic mass is 10.1. The molecular formula is C20H27N3O4S2. The Labute approximate surface area is 175 Å². The maximum atomic E-state index is 12.7. The lowest BCUT2D eigenvalue weighted by Crippen LogP contribution is -2.47. The van der Waals surface area contributed by atoms with Crippen molar-refractivity contribution in [1.29, 1.82) is 0 Å². The highest BCUT2D eigenvalue weighted by Crippen LogP contribution is 2.12. The summed E-state index contributed by atoms with van der Waals surface area (Å²) >= 11 is 1.52. The summed E-state index contributed by atoms with van der Waals surface area (Å²) in [6.07, 6.45) is 2.22. The Balaban J connectivity index is 2.15. The molecule has 158 valence electrons. The number of thioether (sulfide) groups is 1. The zero-order valence-electron chi connectivity index (χ0n) is 17.0. The van der Waals surface area contributed by atoms with Crippen LogP contribution in [0.2, 0.25) is 0 Å². The van der Waals surface area contributed by atoms with Crippen molar-refractivity contribution in [2.75, 3.05) is 12.0 Å². The minimum atomic E-state index is -3.84. The summed E-state index contributed by atoms with van der Waals surface area (Å²) in [4.78, 5) is 27.7. The number of sulfonamides is 1. The number of carbonyl (C=O) groups is 1. The Morgan fingerprint density at radius 2 is 1.83 bits per heavy atom. The van der Waals surface area contributed by atoms with Crippen molar-refractivity contribution in [1.82, 2.24) is 15.0 Å². The lowest BCUT2D eigenvalue weighted by molar-refractivity contribution is -0.122. The van der Waals surface area contributed by atoms with Crippen LogP contribution < -0.4 is 15.6 Å². The number of nitrogens with one attached hydrogen (secondary N) is 3. The molecule has 1 heterocycles. The van der Waals surface area contributed by atoms with Gasteiger partial charge in [-0.2, -0.15) is 16.5 Å². The number of H-pyrrole nitrogens is 1. The molecule has 2 rings (SSSR count). The van der Waals surface area contributed by atoms with E-state index >= 15 is 0 Å². The highest BCUT2D eigenvalue weighted by atomic mass is 32.2. The van der Waals surface area contributed by atoms with Crippen molar-refractivity contribution in [3.63, 3.8) is 0 Å². The Morgan fingerprint density at radius 3 is 2.41 bits per heavy atom. The number of rotatable bonds is 9. The molecule has 1 aromatic carbocycles. The number of carbonyl (C=O) groups excluding carboxylic acids is 1. The van der Waals surface area contributed by atoms with Crippen LogP contribution in [0.15, 0.2) is 40.0 Å². The van der Waals surface area contributed by atoms with Crippen LogP contribution in [-0.2, 0) is 21.4 Å². The van der Waals surface area contributed by atoms with E-state index in [9.17, 15) is 18.0 Å². The van der Waals surface area contributed by atoms with Gasteiger partial charge in [0.05, 0.1) is 4.90 Å². The van der Waals surface area contributed by atoms with Gasteiger partial charge >= 0.3 is 0 Å². The fourth-order valence-electron chi connectivity index (χ4n) is 2.85. The van der Waals surface area contributed by atoms with Crippen molar-refractivity contribution in [3.8, 4) is 0 Å². The third kappa shape index (κ3) is 6.45. The smallest absolute Gasteiger partial charge is 0.253 e. The summed E-state index contributed by atoms with van der Waals surface area (Å²) in [6.45, 7) is 5.49. The van der Waals surface area contributed by atoms with Crippen LogP contribution >= 0.6 is 11.8 Å². The van der Waals surface area contributed by atoms with E-state index in [0.29, 0.717) is 17.7 Å². The van der Waals surface area contributed by atoms with E-state index < -0.39 is 22.0 Å². The van der Waals surface area contributed by atoms with Crippen LogP contribution in [0.5, 0.6) is 0 Å². The topological polar surface area (TPSA) is 108 Å². The molecule has 0 bridgehead atoms. The first-order valence-electron chi connectivity index (χ1n) is 9.19. The highest BCUT2D eigenvalue weighted by molar-refractivity contribution is 7.98. The fourth-order valence-corrected chi connectivity index (χ4v) is 4.55. The Hall–Kier alpha value is -2.10. The maximum Gasteiger partial charge on any atom is 0.253 e. The van der Waals surface area contributed by atoms with Gasteiger partial charge in [-0.3, -0.25) is 9.59 Å². The molecule has 0 fully saturated rings. The Morgan fingerprint density at radius 1 is 1.17 bits per heavy atom. The standard InChI is InChI=1S/C20H27N3O4S2/c1-13-5-7-16(8-6-13)29(26,27)23-18(9-10-28-4)20(25)21-12-17-14(2)11-15(3)22-19(17)24/h5-8,11,18,23H,9-10,12H2,1-4H3,(H,21,25)(H,22,24)/t18-/m0/s1. The molecule has 1 atom stereocenters. The number of aromatic nitrogens is 1. The molecule has 0 saturated heterocycles. The van der Waals surface area contributed by atoms with Gasteiger partial charge in [-0.05, 0) is 63.0 Å². The number of hydrogen-bond acceptors (Lipinski definition) is 5. The van der Waals surface area contributed by atoms with E-state index in [1.807, 2.05) is 19.2 Å². The first kappa shape index (κ1) is 23.2. The molecule has 1 amide bonds. The van der Waals surface area contributed by atoms with Gasteiger partial charge in [-0.1, -0.05) is 17.7 Å². The summed E-state index contributed by atoms with van der Waals surface area (Å²) in [5.74, 6) is 0.146. The van der Waals surface area contributed by atoms with Gasteiger partial charge in [0.25, 0.3) is 5.56 Å². The molecule has 1 aromatic heterocycles. The summed E-state index contributed by atoms with van der Waals surface area (Å²) < 4.78 is 27.9. The molecule has 0 unspecified atom stereocenters. The number of aryl methyl sites for hydroxylation is 3. The van der Waals surface area contributed by atoms with E-state index in [4.69, 9.17) is 0 Å². The van der Waals surface area contributed by atoms with E-state index in [1.165, 1.54) is 23.9 Å². The van der Waals surface area contributed by atoms with Gasteiger partial charge in [0, 0.05) is 17.8 Å². The third-order valence-corrected chi connectivity index (χ3v) is 6.62. The van der Waals surface area contributed by atoms with Crippen molar-refractivity contribution in [3.05, 3.63) is 63.1 Å². The fraction of sp³-hybridized carbons (Fsp3) is 0.400. The zero-order chi connectivity index (χ0) is 21.6. The summed E-state index contributed by atoms with van der Waals surface area (Å²) in [6, 6.07) is 7.33. The first-order chi connectivity index (χ1) is 13.6. The number of aromatic amines is 1. The maximum absolute atomic E-state index is 12.7. The Kier molecular flexibility index (Phi) is 8.06. The van der Waals surface area contributed by atoms with Crippen LogP contribution in [0.4, 0.5) is 0 Å². The van der Waals surface area contributed by atoms with Crippen molar-refractivity contribution in [2.24, 2.45) is 0 Å². The summed E-state index contributed by atoms with van der Waals surface area (Å²) in [7, 11) is -3.84. The second-order valence-corrected chi connectivity index (χ2v) is 9.63. The van der Waals surface area contributed by atoms with Gasteiger partial charge in [-0.25, -0.2) is 8.42 Å². The predicted octanol–water partition coefficient (Wildman–Crippen LogP) is 2.02. The van der Waals surface area contributed by atoms with Crippen LogP contribution in [0, 0.1) is 20.8 Å². The minimum Gasteiger partial charge on any atom is -0.350 e. The molecule has 9 heteroatoms. The monoisotopic (exact) mass is 437 g/mol. The van der Waals surface area contributed by atoms with Crippen LogP contribution in [0.1, 0.15) is 28.8 Å². The number of amides is 1. The summed E-state index contributed by atoms with van der Waals surface area (Å²) in [5.41, 5.74) is 2.65. The molecule has 0 spiro atoms. The predicted molar refractivity (Wildman–Crippen MR) is 117 cm³/mol. The van der Waals surface area contributed by atoms with E-state index in [-0.39, 0.29) is 17.0 Å². The Bertz CT molecular complexity index is 1020. The molecule has 0 aliphatic rings. The van der Waals surface area contributed by atoms with Gasteiger partial charge in [0.15, 0.2) is 0 Å². The molecule has 0 radical (unpaired) electrons. The second kappa shape index (κ2) is 10.1. The molecular weight excluding hydrogens is 410 g/mol. The van der Waals surface area contributed by atoms with Crippen molar-refractivity contribution < 1.29 is 13.2 Å². The van der Waals surface area contributed by atoms with Crippen molar-refractivity contribution >= 4 is 27.7 Å². The van der Waals surface area contributed by atoms with Crippen LogP contribution in [0.25, 0.3) is 0 Å². The van der Waals surface area contributed by atoms with E-state index in [2.05, 4.69) is 15.0 Å². The number of hydrogen-bond donors (Lipinski definition) is 3. The van der Waals surface area contributed by atoms with Gasteiger partial charge in [0.1, 0.15) is 6.04 Å². The highest BCUT2D eigenvalue weighted by Gasteiger charge is 2.25. The first-order valence-corrected chi connectivity index (χ1v) is 12.1. The van der Waals surface area contributed by atoms with E-state index in [1.54, 1.807) is 26.0 Å². The SMILES string of the molecule is CSCC[C@H](NS(=O)(=O)c1ccc(C)cc1)C(=O)NCc1c(C)cc(C)[nH]c1=O. The molecule has 7 nitrogen and oxygen atoms in total. The normalized spacial score (nSPS) is 12.6. The largest absolute Gasteiger partial charge is 0.350 e. The average Bonchev–Trinajstić information content (AvgIpc) is 2.64. The minimum absolute atomic E-state index is 0.0301. The second-order valence-electron chi connectivity index (χ2n) is 6.93. The van der Waals surface area contributed by atoms with Gasteiger partial charge in [-0.15, -0.1) is 0 Å². The zero-order valence-corrected chi connectivity index (χ0v) is 18.7. The lowest BCUT2D eigenvalue weighted by Gasteiger charge is -2.18. The van der Waals surface area contributed by atoms with Crippen molar-refractivity contribution in [2.45, 2.75) is 44.7 Å². The average molecular weight is 438 g/mol. The molecule has 0 aliphatic carbocycles. The third-order valence-electron chi connectivity index (χ3n) is 4.49. The number of benzene rings is 1.